The molecule has 1 aliphatic rings. The van der Waals surface area contributed by atoms with Crippen molar-refractivity contribution in [2.45, 2.75) is 32.7 Å². The number of pyridine rings is 1. The smallest absolute Gasteiger partial charge is 0.258 e. The summed E-state index contributed by atoms with van der Waals surface area (Å²) in [5.41, 5.74) is 3.66. The molecule has 0 amide bonds. The van der Waals surface area contributed by atoms with Gasteiger partial charge in [-0.3, -0.25) is 14.7 Å². The SMILES string of the molecule is CC[C@@H](c1ccccc1)N1C(c2nc(C)cs2)=NCC(Cc2ccc(-c3cccn(C)c3=O)c(F)c2)=C1O. The lowest BCUT2D eigenvalue weighted by Crippen LogP contribution is -2.38. The molecule has 0 radical (unpaired) electrons. The molecule has 0 saturated carbocycles. The largest absolute Gasteiger partial charge is 0.494 e. The number of aromatic nitrogens is 2. The highest BCUT2D eigenvalue weighted by molar-refractivity contribution is 7.11. The molecule has 0 unspecified atom stereocenters. The molecule has 1 aliphatic heterocycles. The van der Waals surface area contributed by atoms with Gasteiger partial charge in [-0.15, -0.1) is 11.3 Å². The highest BCUT2D eigenvalue weighted by Gasteiger charge is 2.32. The quantitative estimate of drug-likeness (QED) is 0.311. The average Bonchev–Trinajstić information content (AvgIpc) is 3.35. The predicted octanol–water partition coefficient (Wildman–Crippen LogP) is 6.18. The van der Waals surface area contributed by atoms with Gasteiger partial charge in [-0.1, -0.05) is 49.4 Å². The van der Waals surface area contributed by atoms with Gasteiger partial charge in [0.1, 0.15) is 5.82 Å². The number of thiazole rings is 1. The summed E-state index contributed by atoms with van der Waals surface area (Å²) in [5, 5.41) is 14.3. The van der Waals surface area contributed by atoms with E-state index in [4.69, 9.17) is 4.99 Å². The van der Waals surface area contributed by atoms with Crippen molar-refractivity contribution in [3.63, 3.8) is 0 Å². The van der Waals surface area contributed by atoms with E-state index in [0.29, 0.717) is 29.0 Å². The minimum absolute atomic E-state index is 0.125. The van der Waals surface area contributed by atoms with Gasteiger partial charge in [0.2, 0.25) is 0 Å². The molecular formula is C30H29FN4O2S. The van der Waals surface area contributed by atoms with Gasteiger partial charge in [0.25, 0.3) is 5.56 Å². The zero-order valence-electron chi connectivity index (χ0n) is 21.6. The van der Waals surface area contributed by atoms with E-state index in [2.05, 4.69) is 11.9 Å². The van der Waals surface area contributed by atoms with Crippen molar-refractivity contribution in [3.8, 4) is 11.1 Å². The van der Waals surface area contributed by atoms with Crippen molar-refractivity contribution >= 4 is 17.2 Å². The van der Waals surface area contributed by atoms with Gasteiger partial charge in [-0.2, -0.15) is 0 Å². The van der Waals surface area contributed by atoms with Gasteiger partial charge in [0.05, 0.1) is 18.2 Å². The fourth-order valence-corrected chi connectivity index (χ4v) is 5.62. The summed E-state index contributed by atoms with van der Waals surface area (Å²) < 4.78 is 16.6. The third-order valence-electron chi connectivity index (χ3n) is 6.75. The van der Waals surface area contributed by atoms with Crippen LogP contribution in [0.1, 0.15) is 41.2 Å². The lowest BCUT2D eigenvalue weighted by atomic mass is 9.98. The summed E-state index contributed by atoms with van der Waals surface area (Å²) in [5.74, 6) is 0.290. The molecule has 0 saturated heterocycles. The fourth-order valence-electron chi connectivity index (χ4n) is 4.82. The number of rotatable bonds is 7. The number of aryl methyl sites for hydroxylation is 2. The molecular weight excluding hydrogens is 499 g/mol. The minimum atomic E-state index is -0.475. The molecule has 6 nitrogen and oxygen atoms in total. The topological polar surface area (TPSA) is 70.7 Å². The molecule has 0 aliphatic carbocycles. The van der Waals surface area contributed by atoms with Gasteiger partial charge >= 0.3 is 0 Å². The van der Waals surface area contributed by atoms with Gasteiger partial charge in [-0.05, 0) is 42.7 Å². The minimum Gasteiger partial charge on any atom is -0.494 e. The molecule has 1 N–H and O–H groups in total. The summed E-state index contributed by atoms with van der Waals surface area (Å²) in [6.07, 6.45) is 2.70. The van der Waals surface area contributed by atoms with E-state index >= 15 is 4.39 Å². The number of hydrogen-bond acceptors (Lipinski definition) is 6. The normalized spacial score (nSPS) is 14.5. The first-order chi connectivity index (χ1) is 18.4. The van der Waals surface area contributed by atoms with Gasteiger partial charge < -0.3 is 9.67 Å². The third-order valence-corrected chi connectivity index (χ3v) is 7.71. The van der Waals surface area contributed by atoms with Gasteiger partial charge in [-0.25, -0.2) is 9.37 Å². The van der Waals surface area contributed by atoms with Crippen LogP contribution in [0.2, 0.25) is 0 Å². The van der Waals surface area contributed by atoms with Crippen LogP contribution in [0.15, 0.2) is 93.5 Å². The van der Waals surface area contributed by atoms with Crippen molar-refractivity contribution in [2.75, 3.05) is 6.54 Å². The van der Waals surface area contributed by atoms with E-state index in [9.17, 15) is 9.90 Å². The van der Waals surface area contributed by atoms with Crippen LogP contribution in [0.4, 0.5) is 4.39 Å². The summed E-state index contributed by atoms with van der Waals surface area (Å²) in [6.45, 7) is 4.29. The second-order valence-electron chi connectivity index (χ2n) is 9.39. The average molecular weight is 529 g/mol. The zero-order chi connectivity index (χ0) is 26.8. The van der Waals surface area contributed by atoms with Crippen molar-refractivity contribution in [1.82, 2.24) is 14.5 Å². The molecule has 0 spiro atoms. The van der Waals surface area contributed by atoms with E-state index in [-0.39, 0.29) is 29.6 Å². The Kier molecular flexibility index (Phi) is 7.24. The van der Waals surface area contributed by atoms with E-state index in [1.54, 1.807) is 37.5 Å². The number of hydrogen-bond donors (Lipinski definition) is 1. The van der Waals surface area contributed by atoms with Crippen LogP contribution in [0.3, 0.4) is 0 Å². The first-order valence-electron chi connectivity index (χ1n) is 12.5. The Bertz CT molecular complexity index is 1590. The van der Waals surface area contributed by atoms with Crippen molar-refractivity contribution in [1.29, 1.82) is 0 Å². The van der Waals surface area contributed by atoms with Crippen LogP contribution in [-0.4, -0.2) is 31.9 Å². The first kappa shape index (κ1) is 25.6. The molecule has 2 aromatic heterocycles. The summed E-state index contributed by atoms with van der Waals surface area (Å²) in [7, 11) is 1.64. The monoisotopic (exact) mass is 528 g/mol. The number of aliphatic hydroxyl groups is 1. The van der Waals surface area contributed by atoms with Crippen molar-refractivity contribution in [2.24, 2.45) is 12.0 Å². The predicted molar refractivity (Wildman–Crippen MR) is 150 cm³/mol. The number of benzene rings is 2. The molecule has 5 rings (SSSR count). The summed E-state index contributed by atoms with van der Waals surface area (Å²) in [6, 6.07) is 18.1. The number of aliphatic imine (C=N–C) groups is 1. The molecule has 4 aromatic rings. The highest BCUT2D eigenvalue weighted by atomic mass is 32.1. The van der Waals surface area contributed by atoms with Crippen molar-refractivity contribution in [3.05, 3.63) is 122 Å². The number of amidine groups is 1. The maximum atomic E-state index is 15.2. The van der Waals surface area contributed by atoms with Crippen LogP contribution < -0.4 is 5.56 Å². The third kappa shape index (κ3) is 4.91. The summed E-state index contributed by atoms with van der Waals surface area (Å²) >= 11 is 1.50. The zero-order valence-corrected chi connectivity index (χ0v) is 22.4. The lowest BCUT2D eigenvalue weighted by Gasteiger charge is -2.36. The highest BCUT2D eigenvalue weighted by Crippen LogP contribution is 2.34. The van der Waals surface area contributed by atoms with E-state index in [1.807, 2.05) is 47.5 Å². The van der Waals surface area contributed by atoms with Crippen LogP contribution in [0, 0.1) is 12.7 Å². The molecule has 38 heavy (non-hydrogen) atoms. The van der Waals surface area contributed by atoms with E-state index < -0.39 is 5.82 Å². The molecule has 3 heterocycles. The molecule has 0 fully saturated rings. The van der Waals surface area contributed by atoms with E-state index in [1.165, 1.54) is 22.0 Å². The first-order valence-corrected chi connectivity index (χ1v) is 13.4. The van der Waals surface area contributed by atoms with Crippen LogP contribution in [-0.2, 0) is 13.5 Å². The van der Waals surface area contributed by atoms with Crippen molar-refractivity contribution < 1.29 is 9.50 Å². The maximum Gasteiger partial charge on any atom is 0.258 e. The fraction of sp³-hybridized carbons (Fsp3) is 0.233. The second-order valence-corrected chi connectivity index (χ2v) is 10.3. The molecule has 8 heteroatoms. The van der Waals surface area contributed by atoms with Crippen LogP contribution >= 0.6 is 11.3 Å². The standard InChI is InChI=1S/C30H29FN4O2S/c1-4-26(21-9-6-5-7-10-21)35-27(28-33-19(2)18-38-28)32-17-22(29(35)36)15-20-12-13-23(25(31)16-20)24-11-8-14-34(3)30(24)37/h5-14,16,18,26,36H,4,15,17H2,1-3H3/t26-/m0/s1. The number of aliphatic hydroxyl groups excluding tert-OH is 1. The molecule has 1 atom stereocenters. The Labute approximate surface area is 225 Å². The number of nitrogens with zero attached hydrogens (tertiary/aromatic N) is 4. The Hall–Kier alpha value is -4.04. The maximum absolute atomic E-state index is 15.2. The Morgan fingerprint density at radius 2 is 1.89 bits per heavy atom. The van der Waals surface area contributed by atoms with Gasteiger partial charge in [0.15, 0.2) is 16.7 Å². The Morgan fingerprint density at radius 3 is 2.58 bits per heavy atom. The summed E-state index contributed by atoms with van der Waals surface area (Å²) in [4.78, 5) is 23.9. The second kappa shape index (κ2) is 10.8. The molecule has 194 valence electrons. The lowest BCUT2D eigenvalue weighted by molar-refractivity contribution is 0.214. The Morgan fingerprint density at radius 1 is 1.11 bits per heavy atom. The van der Waals surface area contributed by atoms with E-state index in [0.717, 1.165) is 22.7 Å². The molecule has 2 aromatic carbocycles. The number of halogens is 1. The van der Waals surface area contributed by atoms with Crippen LogP contribution in [0.25, 0.3) is 11.1 Å². The van der Waals surface area contributed by atoms with Crippen LogP contribution in [0.5, 0.6) is 0 Å². The Balaban J connectivity index is 1.51. The molecule has 0 bridgehead atoms. The van der Waals surface area contributed by atoms with Gasteiger partial charge in [0, 0.05) is 41.9 Å².